The summed E-state index contributed by atoms with van der Waals surface area (Å²) in [6.07, 6.45) is 3.18. The highest BCUT2D eigenvalue weighted by Crippen LogP contribution is 2.30. The minimum Gasteiger partial charge on any atom is -0.339 e. The number of hydrogen-bond acceptors (Lipinski definition) is 7. The molecule has 1 atom stereocenters. The Bertz CT molecular complexity index is 1570. The van der Waals surface area contributed by atoms with Crippen molar-refractivity contribution in [1.82, 2.24) is 20.4 Å². The number of nitro groups is 1. The van der Waals surface area contributed by atoms with E-state index in [4.69, 9.17) is 11.6 Å². The minimum atomic E-state index is -0.744. The molecular formula is C30H31ClN6O7. The fraction of sp³-hybridized carbons (Fsp3) is 0.367. The molecule has 230 valence electrons. The van der Waals surface area contributed by atoms with E-state index in [0.29, 0.717) is 29.8 Å². The molecule has 14 heteroatoms. The SMILES string of the molecule is C=C(CN(C(=O)NCc1ccc2c(c1)CN(C1CCC(=O)NC1=O)C2=O)c1cc(Cl)cc([N+](=O)[O-])c1)C(=O)N1CCCCC1. The van der Waals surface area contributed by atoms with Crippen LogP contribution in [0.25, 0.3) is 0 Å². The number of benzene rings is 2. The molecule has 13 nitrogen and oxygen atoms in total. The summed E-state index contributed by atoms with van der Waals surface area (Å²) >= 11 is 6.15. The van der Waals surface area contributed by atoms with Crippen LogP contribution in [0.15, 0.2) is 48.6 Å². The number of amides is 6. The summed E-state index contributed by atoms with van der Waals surface area (Å²) in [6, 6.07) is 7.45. The third kappa shape index (κ3) is 6.57. The van der Waals surface area contributed by atoms with Crippen molar-refractivity contribution >= 4 is 52.6 Å². The number of halogens is 1. The minimum absolute atomic E-state index is 0.0322. The van der Waals surface area contributed by atoms with Gasteiger partial charge in [-0.15, -0.1) is 0 Å². The van der Waals surface area contributed by atoms with E-state index >= 15 is 0 Å². The Hall–Kier alpha value is -4.78. The third-order valence-corrected chi connectivity index (χ3v) is 8.18. The molecule has 0 aromatic heterocycles. The monoisotopic (exact) mass is 622 g/mol. The molecule has 2 aromatic rings. The number of carbonyl (C=O) groups excluding carboxylic acids is 5. The molecule has 6 amide bonds. The molecule has 3 heterocycles. The number of nitro benzene ring substituents is 1. The lowest BCUT2D eigenvalue weighted by Gasteiger charge is -2.29. The maximum absolute atomic E-state index is 13.6. The van der Waals surface area contributed by atoms with E-state index < -0.39 is 22.9 Å². The smallest absolute Gasteiger partial charge is 0.322 e. The average molecular weight is 623 g/mol. The molecule has 2 N–H and O–H groups in total. The van der Waals surface area contributed by atoms with Crippen molar-refractivity contribution in [3.05, 3.63) is 80.4 Å². The Balaban J connectivity index is 1.31. The molecule has 0 bridgehead atoms. The number of imide groups is 1. The number of piperidine rings is 2. The number of carbonyl (C=O) groups is 5. The van der Waals surface area contributed by atoms with Gasteiger partial charge in [-0.05, 0) is 48.9 Å². The van der Waals surface area contributed by atoms with Crippen molar-refractivity contribution in [1.29, 1.82) is 0 Å². The molecule has 3 aliphatic rings. The number of likely N-dealkylation sites (tertiary alicyclic amines) is 1. The van der Waals surface area contributed by atoms with Crippen molar-refractivity contribution in [2.75, 3.05) is 24.5 Å². The zero-order valence-corrected chi connectivity index (χ0v) is 24.6. The highest BCUT2D eigenvalue weighted by atomic mass is 35.5. The van der Waals surface area contributed by atoms with Crippen molar-refractivity contribution in [3.8, 4) is 0 Å². The zero-order valence-electron chi connectivity index (χ0n) is 23.8. The summed E-state index contributed by atoms with van der Waals surface area (Å²) in [5, 5.41) is 16.6. The second-order valence-corrected chi connectivity index (χ2v) is 11.5. The van der Waals surface area contributed by atoms with Crippen molar-refractivity contribution < 1.29 is 28.9 Å². The number of nitrogens with one attached hydrogen (secondary N) is 2. The predicted molar refractivity (Wildman–Crippen MR) is 160 cm³/mol. The number of nitrogens with zero attached hydrogens (tertiary/aromatic N) is 4. The lowest BCUT2D eigenvalue weighted by Crippen LogP contribution is -2.52. The van der Waals surface area contributed by atoms with E-state index in [1.807, 2.05) is 0 Å². The molecule has 0 saturated carbocycles. The molecular weight excluding hydrogens is 592 g/mol. The van der Waals surface area contributed by atoms with Gasteiger partial charge in [0.25, 0.3) is 17.5 Å². The Morgan fingerprint density at radius 1 is 1.11 bits per heavy atom. The van der Waals surface area contributed by atoms with Gasteiger partial charge >= 0.3 is 6.03 Å². The van der Waals surface area contributed by atoms with Gasteiger partial charge in [-0.2, -0.15) is 0 Å². The van der Waals surface area contributed by atoms with Gasteiger partial charge in [0.05, 0.1) is 17.2 Å². The van der Waals surface area contributed by atoms with Crippen LogP contribution in [0, 0.1) is 10.1 Å². The summed E-state index contributed by atoms with van der Waals surface area (Å²) in [5.74, 6) is -1.47. The van der Waals surface area contributed by atoms with Gasteiger partial charge in [0.2, 0.25) is 11.8 Å². The maximum Gasteiger partial charge on any atom is 0.322 e. The van der Waals surface area contributed by atoms with E-state index in [0.717, 1.165) is 19.3 Å². The second-order valence-electron chi connectivity index (χ2n) is 11.0. The Labute approximate surface area is 257 Å². The summed E-state index contributed by atoms with van der Waals surface area (Å²) in [7, 11) is 0. The van der Waals surface area contributed by atoms with Gasteiger partial charge in [-0.1, -0.05) is 30.3 Å². The molecule has 44 heavy (non-hydrogen) atoms. The first-order valence-corrected chi connectivity index (χ1v) is 14.6. The molecule has 2 fully saturated rings. The maximum atomic E-state index is 13.6. The van der Waals surface area contributed by atoms with Crippen LogP contribution in [0.2, 0.25) is 5.02 Å². The molecule has 1 unspecified atom stereocenters. The van der Waals surface area contributed by atoms with Gasteiger partial charge in [-0.25, -0.2) is 4.79 Å². The van der Waals surface area contributed by atoms with Crippen molar-refractivity contribution in [2.45, 2.75) is 51.2 Å². The van der Waals surface area contributed by atoms with E-state index in [-0.39, 0.29) is 72.2 Å². The van der Waals surface area contributed by atoms with Crippen molar-refractivity contribution in [3.63, 3.8) is 0 Å². The Kier molecular flexibility index (Phi) is 8.95. The fourth-order valence-electron chi connectivity index (χ4n) is 5.69. The summed E-state index contributed by atoms with van der Waals surface area (Å²) < 4.78 is 0. The number of non-ortho nitro benzene ring substituents is 1. The molecule has 0 spiro atoms. The van der Waals surface area contributed by atoms with Gasteiger partial charge < -0.3 is 15.1 Å². The standard InChI is InChI=1S/C30H31ClN6O7/c1-18(28(40)34-9-3-2-4-10-34)16-35(22-12-21(31)13-23(14-22)37(43)44)30(42)32-15-19-5-6-24-20(11-19)17-36(29(24)41)25-7-8-26(38)33-27(25)39/h5-6,11-14,25H,1-4,7-10,15-17H2,(H,32,42)(H,33,38,39). The number of fused-ring (bicyclic) bond motifs is 1. The van der Waals surface area contributed by atoms with E-state index in [2.05, 4.69) is 17.2 Å². The van der Waals surface area contributed by atoms with Crippen LogP contribution in [0.4, 0.5) is 16.2 Å². The summed E-state index contributed by atoms with van der Waals surface area (Å²) in [6.45, 7) is 5.09. The zero-order chi connectivity index (χ0) is 31.5. The molecule has 2 saturated heterocycles. The predicted octanol–water partition coefficient (Wildman–Crippen LogP) is 3.29. The summed E-state index contributed by atoms with van der Waals surface area (Å²) in [5.41, 5.74) is 1.72. The first kappa shape index (κ1) is 30.7. The van der Waals surface area contributed by atoms with Gasteiger partial charge in [0.15, 0.2) is 0 Å². The molecule has 0 aliphatic carbocycles. The van der Waals surface area contributed by atoms with Gasteiger partial charge in [0.1, 0.15) is 6.04 Å². The Morgan fingerprint density at radius 2 is 1.86 bits per heavy atom. The normalized spacial score (nSPS) is 18.0. The van der Waals surface area contributed by atoms with E-state index in [1.165, 1.54) is 28.0 Å². The Morgan fingerprint density at radius 3 is 2.57 bits per heavy atom. The number of anilines is 1. The van der Waals surface area contributed by atoms with Crippen LogP contribution in [0.1, 0.15) is 53.6 Å². The first-order valence-electron chi connectivity index (χ1n) is 14.3. The third-order valence-electron chi connectivity index (χ3n) is 7.96. The van der Waals surface area contributed by atoms with E-state index in [1.54, 1.807) is 23.1 Å². The highest BCUT2D eigenvalue weighted by Gasteiger charge is 2.39. The highest BCUT2D eigenvalue weighted by molar-refractivity contribution is 6.31. The molecule has 2 aromatic carbocycles. The van der Waals surface area contributed by atoms with Crippen LogP contribution in [-0.2, 0) is 27.5 Å². The lowest BCUT2D eigenvalue weighted by molar-refractivity contribution is -0.384. The number of hydrogen-bond donors (Lipinski definition) is 2. The van der Waals surface area contributed by atoms with Crippen LogP contribution < -0.4 is 15.5 Å². The topological polar surface area (TPSA) is 162 Å². The van der Waals surface area contributed by atoms with Crippen LogP contribution >= 0.6 is 11.6 Å². The quantitative estimate of drug-likeness (QED) is 0.197. The number of urea groups is 1. The first-order chi connectivity index (χ1) is 21.0. The van der Waals surface area contributed by atoms with E-state index in [9.17, 15) is 34.1 Å². The van der Waals surface area contributed by atoms with Gasteiger partial charge in [0, 0.05) is 60.9 Å². The summed E-state index contributed by atoms with van der Waals surface area (Å²) in [4.78, 5) is 78.7. The molecule has 0 radical (unpaired) electrons. The fourth-order valence-corrected chi connectivity index (χ4v) is 5.91. The van der Waals surface area contributed by atoms with Gasteiger partial charge in [-0.3, -0.25) is 39.5 Å². The molecule has 3 aliphatic heterocycles. The lowest BCUT2D eigenvalue weighted by atomic mass is 10.0. The number of rotatable bonds is 8. The van der Waals surface area contributed by atoms with Crippen LogP contribution in [0.5, 0.6) is 0 Å². The van der Waals surface area contributed by atoms with Crippen molar-refractivity contribution in [2.24, 2.45) is 0 Å². The second kappa shape index (κ2) is 12.8. The van der Waals surface area contributed by atoms with Crippen LogP contribution in [-0.4, -0.2) is 70.1 Å². The largest absolute Gasteiger partial charge is 0.339 e. The molecule has 5 rings (SSSR count). The van der Waals surface area contributed by atoms with Crippen LogP contribution in [0.3, 0.4) is 0 Å². The average Bonchev–Trinajstić information content (AvgIpc) is 3.33.